The second-order valence-corrected chi connectivity index (χ2v) is 8.45. The second-order valence-electron chi connectivity index (χ2n) is 7.51. The van der Waals surface area contributed by atoms with Crippen LogP contribution in [0.2, 0.25) is 0 Å². The first-order chi connectivity index (χ1) is 15.8. The molecule has 3 aromatic heterocycles. The summed E-state index contributed by atoms with van der Waals surface area (Å²) in [5, 5.41) is 11.9. The topological polar surface area (TPSA) is 116 Å². The SMILES string of the molecule is Cc1cc(C)n2nc(SCc3ccccc3C(=O)OCC(=O)Nc3cc(C)nn3C)nc2n1. The van der Waals surface area contributed by atoms with Crippen molar-refractivity contribution in [2.24, 2.45) is 7.05 Å². The Balaban J connectivity index is 1.39. The minimum atomic E-state index is -0.571. The summed E-state index contributed by atoms with van der Waals surface area (Å²) in [5.41, 5.74) is 3.75. The average molecular weight is 466 g/mol. The third kappa shape index (κ3) is 5.20. The Morgan fingerprint density at radius 3 is 2.61 bits per heavy atom. The molecule has 0 aliphatic rings. The Kier molecular flexibility index (Phi) is 6.40. The highest BCUT2D eigenvalue weighted by Crippen LogP contribution is 2.23. The first-order valence-corrected chi connectivity index (χ1v) is 11.2. The number of benzene rings is 1. The first kappa shape index (κ1) is 22.5. The van der Waals surface area contributed by atoms with E-state index in [0.29, 0.717) is 28.1 Å². The van der Waals surface area contributed by atoms with Crippen molar-refractivity contribution in [2.75, 3.05) is 11.9 Å². The fourth-order valence-corrected chi connectivity index (χ4v) is 4.13. The van der Waals surface area contributed by atoms with Gasteiger partial charge in [0.2, 0.25) is 5.16 Å². The Bertz CT molecular complexity index is 1350. The summed E-state index contributed by atoms with van der Waals surface area (Å²) in [6, 6.07) is 10.8. The van der Waals surface area contributed by atoms with Crippen LogP contribution in [0.5, 0.6) is 0 Å². The Hall–Kier alpha value is -3.73. The number of hydrogen-bond acceptors (Lipinski definition) is 8. The molecule has 4 rings (SSSR count). The molecule has 0 atom stereocenters. The van der Waals surface area contributed by atoms with Crippen molar-refractivity contribution in [1.29, 1.82) is 0 Å². The number of aryl methyl sites for hydroxylation is 4. The van der Waals surface area contributed by atoms with Crippen molar-refractivity contribution >= 4 is 35.2 Å². The van der Waals surface area contributed by atoms with Crippen LogP contribution in [0.15, 0.2) is 41.6 Å². The van der Waals surface area contributed by atoms with Gasteiger partial charge in [-0.3, -0.25) is 9.48 Å². The molecule has 10 nitrogen and oxygen atoms in total. The summed E-state index contributed by atoms with van der Waals surface area (Å²) < 4.78 is 8.48. The third-order valence-corrected chi connectivity index (χ3v) is 5.68. The maximum absolute atomic E-state index is 12.7. The summed E-state index contributed by atoms with van der Waals surface area (Å²) in [7, 11) is 1.72. The van der Waals surface area contributed by atoms with Gasteiger partial charge < -0.3 is 10.1 Å². The largest absolute Gasteiger partial charge is 0.452 e. The average Bonchev–Trinajstić information content (AvgIpc) is 3.32. The van der Waals surface area contributed by atoms with E-state index >= 15 is 0 Å². The van der Waals surface area contributed by atoms with Gasteiger partial charge in [0.1, 0.15) is 5.82 Å². The predicted octanol–water partition coefficient (Wildman–Crippen LogP) is 2.87. The molecule has 1 amide bonds. The zero-order chi connectivity index (χ0) is 23.5. The molecule has 0 aliphatic heterocycles. The van der Waals surface area contributed by atoms with Crippen LogP contribution in [-0.2, 0) is 22.3 Å². The fourth-order valence-electron chi connectivity index (χ4n) is 3.31. The van der Waals surface area contributed by atoms with Crippen molar-refractivity contribution in [3.8, 4) is 0 Å². The molecule has 0 radical (unpaired) electrons. The number of thioether (sulfide) groups is 1. The molecule has 0 saturated heterocycles. The van der Waals surface area contributed by atoms with E-state index in [1.807, 2.05) is 39.0 Å². The van der Waals surface area contributed by atoms with E-state index < -0.39 is 18.5 Å². The van der Waals surface area contributed by atoms with E-state index in [1.165, 1.54) is 11.8 Å². The van der Waals surface area contributed by atoms with Crippen LogP contribution in [0.4, 0.5) is 5.82 Å². The molecule has 11 heteroatoms. The summed E-state index contributed by atoms with van der Waals surface area (Å²) in [4.78, 5) is 33.7. The second kappa shape index (κ2) is 9.41. The van der Waals surface area contributed by atoms with Crippen LogP contribution < -0.4 is 5.32 Å². The molecule has 0 aliphatic carbocycles. The fraction of sp³-hybridized carbons (Fsp3) is 0.273. The molecule has 0 saturated carbocycles. The quantitative estimate of drug-likeness (QED) is 0.327. The molecule has 0 bridgehead atoms. The summed E-state index contributed by atoms with van der Waals surface area (Å²) in [6.07, 6.45) is 0. The number of nitrogens with one attached hydrogen (secondary N) is 1. The molecular formula is C22H23N7O3S. The van der Waals surface area contributed by atoms with E-state index in [2.05, 4.69) is 25.5 Å². The number of nitrogens with zero attached hydrogens (tertiary/aromatic N) is 6. The predicted molar refractivity (Wildman–Crippen MR) is 123 cm³/mol. The van der Waals surface area contributed by atoms with Gasteiger partial charge in [-0.2, -0.15) is 10.1 Å². The number of amides is 1. The zero-order valence-electron chi connectivity index (χ0n) is 18.7. The number of hydrogen-bond donors (Lipinski definition) is 1. The van der Waals surface area contributed by atoms with Gasteiger partial charge in [-0.25, -0.2) is 14.3 Å². The standard InChI is InChI=1S/C22H23N7O3S/c1-13-9-15(3)29-21(23-13)25-22(27-29)33-12-16-7-5-6-8-17(16)20(31)32-11-19(30)24-18-10-14(2)26-28(18)4/h5-10H,11-12H2,1-4H3,(H,24,30). The summed E-state index contributed by atoms with van der Waals surface area (Å²) >= 11 is 1.40. The number of carbonyl (C=O) groups is 2. The van der Waals surface area contributed by atoms with Crippen LogP contribution in [0.1, 0.15) is 33.0 Å². The minimum absolute atomic E-state index is 0.392. The Morgan fingerprint density at radius 1 is 1.06 bits per heavy atom. The minimum Gasteiger partial charge on any atom is -0.452 e. The lowest BCUT2D eigenvalue weighted by atomic mass is 10.1. The van der Waals surface area contributed by atoms with Gasteiger partial charge in [0.05, 0.1) is 11.3 Å². The number of esters is 1. The van der Waals surface area contributed by atoms with Crippen molar-refractivity contribution in [3.63, 3.8) is 0 Å². The van der Waals surface area contributed by atoms with E-state index in [-0.39, 0.29) is 0 Å². The highest BCUT2D eigenvalue weighted by Gasteiger charge is 2.16. The molecule has 33 heavy (non-hydrogen) atoms. The molecule has 3 heterocycles. The molecule has 4 aromatic rings. The highest BCUT2D eigenvalue weighted by atomic mass is 32.2. The number of ether oxygens (including phenoxy) is 1. The maximum Gasteiger partial charge on any atom is 0.338 e. The van der Waals surface area contributed by atoms with Crippen LogP contribution >= 0.6 is 11.8 Å². The van der Waals surface area contributed by atoms with E-state index in [4.69, 9.17) is 4.74 Å². The molecule has 170 valence electrons. The Labute approximate surface area is 194 Å². The van der Waals surface area contributed by atoms with Crippen LogP contribution in [0.3, 0.4) is 0 Å². The lowest BCUT2D eigenvalue weighted by Gasteiger charge is -2.09. The van der Waals surface area contributed by atoms with Gasteiger partial charge in [-0.05, 0) is 38.5 Å². The summed E-state index contributed by atoms with van der Waals surface area (Å²) in [5.74, 6) is 0.521. The molecule has 0 unspecified atom stereocenters. The monoisotopic (exact) mass is 465 g/mol. The molecule has 0 fully saturated rings. The van der Waals surface area contributed by atoms with Crippen LogP contribution in [-0.4, -0.2) is 47.8 Å². The van der Waals surface area contributed by atoms with Crippen molar-refractivity contribution in [2.45, 2.75) is 31.7 Å². The number of aromatic nitrogens is 6. The molecular weight excluding hydrogens is 442 g/mol. The van der Waals surface area contributed by atoms with Gasteiger partial charge in [0.15, 0.2) is 6.61 Å². The number of rotatable bonds is 7. The lowest BCUT2D eigenvalue weighted by molar-refractivity contribution is -0.119. The van der Waals surface area contributed by atoms with E-state index in [1.54, 1.807) is 34.4 Å². The summed E-state index contributed by atoms with van der Waals surface area (Å²) in [6.45, 7) is 5.28. The number of carbonyl (C=O) groups excluding carboxylic acids is 2. The maximum atomic E-state index is 12.7. The molecule has 1 aromatic carbocycles. The van der Waals surface area contributed by atoms with Crippen molar-refractivity contribution in [3.05, 3.63) is 64.6 Å². The van der Waals surface area contributed by atoms with Gasteiger partial charge in [0, 0.05) is 30.3 Å². The van der Waals surface area contributed by atoms with Gasteiger partial charge in [-0.1, -0.05) is 30.0 Å². The molecule has 1 N–H and O–H groups in total. The molecule has 0 spiro atoms. The van der Waals surface area contributed by atoms with Gasteiger partial charge >= 0.3 is 5.97 Å². The normalized spacial score (nSPS) is 11.0. The smallest absolute Gasteiger partial charge is 0.338 e. The highest BCUT2D eigenvalue weighted by molar-refractivity contribution is 7.98. The van der Waals surface area contributed by atoms with E-state index in [0.717, 1.165) is 22.6 Å². The van der Waals surface area contributed by atoms with Gasteiger partial charge in [-0.15, -0.1) is 5.10 Å². The lowest BCUT2D eigenvalue weighted by Crippen LogP contribution is -2.22. The first-order valence-electron chi connectivity index (χ1n) is 10.2. The van der Waals surface area contributed by atoms with Gasteiger partial charge in [0.25, 0.3) is 11.7 Å². The van der Waals surface area contributed by atoms with Crippen molar-refractivity contribution < 1.29 is 14.3 Å². The van der Waals surface area contributed by atoms with Crippen LogP contribution in [0.25, 0.3) is 5.78 Å². The van der Waals surface area contributed by atoms with Crippen molar-refractivity contribution in [1.82, 2.24) is 29.4 Å². The Morgan fingerprint density at radius 2 is 1.85 bits per heavy atom. The zero-order valence-corrected chi connectivity index (χ0v) is 19.5. The van der Waals surface area contributed by atoms with Crippen LogP contribution in [0, 0.1) is 20.8 Å². The number of fused-ring (bicyclic) bond motifs is 1. The number of anilines is 1. The van der Waals surface area contributed by atoms with E-state index in [9.17, 15) is 9.59 Å². The third-order valence-electron chi connectivity index (χ3n) is 4.80.